The lowest BCUT2D eigenvalue weighted by Gasteiger charge is -2.48. The Balaban J connectivity index is 1.89. The van der Waals surface area contributed by atoms with Gasteiger partial charge in [0.25, 0.3) is 0 Å². The second-order valence-electron chi connectivity index (χ2n) is 10.6. The summed E-state index contributed by atoms with van der Waals surface area (Å²) in [6.45, 7) is 13.3. The van der Waals surface area contributed by atoms with Crippen LogP contribution in [0.2, 0.25) is 0 Å². The average Bonchev–Trinajstić information content (AvgIpc) is 3.17. The molecule has 8 atom stereocenters. The Labute approximate surface area is 178 Å². The van der Waals surface area contributed by atoms with Crippen LogP contribution in [0.3, 0.4) is 0 Å². The van der Waals surface area contributed by atoms with E-state index >= 15 is 0 Å². The van der Waals surface area contributed by atoms with Crippen molar-refractivity contribution in [2.24, 2.45) is 34.5 Å². The van der Waals surface area contributed by atoms with Crippen LogP contribution in [0.15, 0.2) is 34.9 Å². The Morgan fingerprint density at radius 2 is 1.90 bits per heavy atom. The number of rotatable bonds is 2. The van der Waals surface area contributed by atoms with E-state index in [2.05, 4.69) is 13.8 Å². The van der Waals surface area contributed by atoms with Crippen molar-refractivity contribution in [3.63, 3.8) is 0 Å². The van der Waals surface area contributed by atoms with Gasteiger partial charge in [-0.1, -0.05) is 39.0 Å². The zero-order chi connectivity index (χ0) is 22.4. The van der Waals surface area contributed by atoms with Gasteiger partial charge in [0.2, 0.25) is 0 Å². The number of Topliss-reactive ketones (excluding diaryl/α,β-unsaturated/α-hetero) is 1. The molecule has 2 N–H and O–H groups in total. The summed E-state index contributed by atoms with van der Waals surface area (Å²) in [5.74, 6) is -0.541. The highest BCUT2D eigenvalue weighted by atomic mass is 16.6. The highest BCUT2D eigenvalue weighted by Crippen LogP contribution is 2.71. The number of fused-ring (bicyclic) bond motifs is 3. The topological polar surface area (TPSA) is 83.8 Å². The maximum Gasteiger partial charge on any atom is 0.334 e. The standard InChI is InChI=1S/C25H34O5/c1-8-12(2)22(28)30-21-14(4)11-24-15(5)10-17-18(23(17,6)7)16(20(24)27)9-13(3)19(26)25(21,24)29/h8-9,11,15-19,21,26,29H,10H2,1-7H3/b12-8-/t15-,16+,17-,18+,19-,21+,24+,25+/m1/s1. The largest absolute Gasteiger partial charge is 0.451 e. The first-order chi connectivity index (χ1) is 13.9. The summed E-state index contributed by atoms with van der Waals surface area (Å²) in [6.07, 6.45) is 3.74. The van der Waals surface area contributed by atoms with Crippen molar-refractivity contribution in [3.05, 3.63) is 34.9 Å². The molecule has 0 aliphatic heterocycles. The van der Waals surface area contributed by atoms with Gasteiger partial charge in [0.1, 0.15) is 6.10 Å². The molecule has 164 valence electrons. The highest BCUT2D eigenvalue weighted by Gasteiger charge is 2.76. The van der Waals surface area contributed by atoms with Gasteiger partial charge in [-0.05, 0) is 68.4 Å². The van der Waals surface area contributed by atoms with Gasteiger partial charge in [-0.15, -0.1) is 0 Å². The van der Waals surface area contributed by atoms with Gasteiger partial charge < -0.3 is 14.9 Å². The Kier molecular flexibility index (Phi) is 4.58. The molecule has 0 aromatic carbocycles. The van der Waals surface area contributed by atoms with E-state index in [1.165, 1.54) is 0 Å². The van der Waals surface area contributed by atoms with E-state index in [0.717, 1.165) is 6.42 Å². The molecule has 4 aliphatic carbocycles. The molecule has 0 aromatic rings. The maximum atomic E-state index is 14.1. The molecule has 2 saturated carbocycles. The minimum absolute atomic E-state index is 0.0490. The summed E-state index contributed by atoms with van der Waals surface area (Å²) >= 11 is 0. The molecule has 2 fully saturated rings. The van der Waals surface area contributed by atoms with Crippen molar-refractivity contribution in [1.29, 1.82) is 0 Å². The van der Waals surface area contributed by atoms with Crippen LogP contribution in [0.25, 0.3) is 0 Å². The van der Waals surface area contributed by atoms with Gasteiger partial charge in [0.05, 0.1) is 5.41 Å². The monoisotopic (exact) mass is 414 g/mol. The Morgan fingerprint density at radius 3 is 2.50 bits per heavy atom. The van der Waals surface area contributed by atoms with E-state index in [0.29, 0.717) is 22.6 Å². The summed E-state index contributed by atoms with van der Waals surface area (Å²) in [6, 6.07) is 0. The zero-order valence-electron chi connectivity index (χ0n) is 19.0. The van der Waals surface area contributed by atoms with Crippen LogP contribution in [0, 0.1) is 34.5 Å². The molecule has 4 aliphatic rings. The van der Waals surface area contributed by atoms with E-state index in [1.807, 2.05) is 19.1 Å². The number of carbonyl (C=O) groups excluding carboxylic acids is 2. The predicted molar refractivity (Wildman–Crippen MR) is 113 cm³/mol. The molecule has 0 saturated heterocycles. The van der Waals surface area contributed by atoms with Crippen molar-refractivity contribution in [2.75, 3.05) is 0 Å². The third-order valence-electron chi connectivity index (χ3n) is 8.82. The number of carbonyl (C=O) groups is 2. The van der Waals surface area contributed by atoms with Gasteiger partial charge in [-0.3, -0.25) is 4.79 Å². The second-order valence-corrected chi connectivity index (χ2v) is 10.6. The Morgan fingerprint density at radius 1 is 1.27 bits per heavy atom. The zero-order valence-corrected chi connectivity index (χ0v) is 19.0. The minimum Gasteiger partial charge on any atom is -0.451 e. The molecule has 5 nitrogen and oxygen atoms in total. The molecular weight excluding hydrogens is 380 g/mol. The average molecular weight is 415 g/mol. The second kappa shape index (κ2) is 6.39. The van der Waals surface area contributed by atoms with E-state index in [9.17, 15) is 19.8 Å². The van der Waals surface area contributed by atoms with Gasteiger partial charge in [0.15, 0.2) is 17.5 Å². The van der Waals surface area contributed by atoms with Crippen LogP contribution in [-0.4, -0.2) is 39.8 Å². The van der Waals surface area contributed by atoms with Crippen LogP contribution >= 0.6 is 0 Å². The molecule has 0 radical (unpaired) electrons. The molecule has 4 rings (SSSR count). The molecule has 0 aromatic heterocycles. The van der Waals surface area contributed by atoms with E-state index in [1.54, 1.807) is 33.8 Å². The number of allylic oxidation sites excluding steroid dienone is 2. The smallest absolute Gasteiger partial charge is 0.334 e. The van der Waals surface area contributed by atoms with Gasteiger partial charge >= 0.3 is 5.97 Å². The number of hydrogen-bond acceptors (Lipinski definition) is 5. The van der Waals surface area contributed by atoms with Crippen molar-refractivity contribution in [1.82, 2.24) is 0 Å². The van der Waals surface area contributed by atoms with Crippen LogP contribution < -0.4 is 0 Å². The van der Waals surface area contributed by atoms with E-state index < -0.39 is 29.2 Å². The molecule has 30 heavy (non-hydrogen) atoms. The summed E-state index contributed by atoms with van der Waals surface area (Å²) in [5.41, 5.74) is -1.53. The van der Waals surface area contributed by atoms with Gasteiger partial charge in [-0.25, -0.2) is 4.79 Å². The first kappa shape index (κ1) is 21.5. The lowest BCUT2D eigenvalue weighted by atomic mass is 9.59. The normalized spacial score (nSPS) is 46.7. The minimum atomic E-state index is -1.92. The quantitative estimate of drug-likeness (QED) is 0.411. The Bertz CT molecular complexity index is 908. The van der Waals surface area contributed by atoms with Gasteiger partial charge in [0, 0.05) is 11.5 Å². The molecule has 0 unspecified atom stereocenters. The fourth-order valence-electron chi connectivity index (χ4n) is 6.89. The van der Waals surface area contributed by atoms with E-state index in [4.69, 9.17) is 4.74 Å². The van der Waals surface area contributed by atoms with E-state index in [-0.39, 0.29) is 29.0 Å². The van der Waals surface area contributed by atoms with Gasteiger partial charge in [-0.2, -0.15) is 0 Å². The number of hydrogen-bond donors (Lipinski definition) is 2. The fourth-order valence-corrected chi connectivity index (χ4v) is 6.89. The third-order valence-corrected chi connectivity index (χ3v) is 8.82. The van der Waals surface area contributed by atoms with Crippen molar-refractivity contribution < 1.29 is 24.5 Å². The van der Waals surface area contributed by atoms with Crippen molar-refractivity contribution >= 4 is 11.8 Å². The van der Waals surface area contributed by atoms with Crippen molar-refractivity contribution in [3.8, 4) is 0 Å². The highest BCUT2D eigenvalue weighted by molar-refractivity contribution is 5.95. The lowest BCUT2D eigenvalue weighted by Crippen LogP contribution is -2.65. The summed E-state index contributed by atoms with van der Waals surface area (Å²) in [4.78, 5) is 26.7. The molecule has 0 amide bonds. The molecular formula is C25H34O5. The predicted octanol–water partition coefficient (Wildman–Crippen LogP) is 3.36. The molecule has 2 bridgehead atoms. The SMILES string of the molecule is C/C=C(/C)C(=O)O[C@H]1C(C)=C[C@]23C(=O)[C@@H](C=C(C)[C@@H](O)[C@]12O)[C@H]1[C@@H](C[C@H]3C)C1(C)C. The van der Waals surface area contributed by atoms with Crippen LogP contribution in [0.5, 0.6) is 0 Å². The molecule has 5 heteroatoms. The summed E-state index contributed by atoms with van der Waals surface area (Å²) in [5, 5.41) is 23.6. The summed E-state index contributed by atoms with van der Waals surface area (Å²) in [7, 11) is 0. The third kappa shape index (κ3) is 2.36. The number of esters is 1. The Hall–Kier alpha value is -1.72. The van der Waals surface area contributed by atoms with Crippen LogP contribution in [-0.2, 0) is 14.3 Å². The van der Waals surface area contributed by atoms with Crippen LogP contribution in [0.4, 0.5) is 0 Å². The first-order valence-electron chi connectivity index (χ1n) is 11.0. The molecule has 0 heterocycles. The first-order valence-corrected chi connectivity index (χ1v) is 11.0. The molecule has 1 spiro atoms. The number of aliphatic hydroxyl groups is 2. The number of aliphatic hydroxyl groups excluding tert-OH is 1. The van der Waals surface area contributed by atoms with Crippen LogP contribution in [0.1, 0.15) is 54.9 Å². The summed E-state index contributed by atoms with van der Waals surface area (Å²) < 4.78 is 5.76. The number of ether oxygens (including phenoxy) is 1. The van der Waals surface area contributed by atoms with Crippen molar-refractivity contribution in [2.45, 2.75) is 72.7 Å². The lowest BCUT2D eigenvalue weighted by molar-refractivity contribution is -0.201. The maximum absolute atomic E-state index is 14.1. The fraction of sp³-hybridized carbons (Fsp3) is 0.680. The number of ketones is 1.